The molecule has 1 atom stereocenters. The van der Waals surface area contributed by atoms with Gasteiger partial charge in [0.15, 0.2) is 5.78 Å². The lowest BCUT2D eigenvalue weighted by molar-refractivity contribution is -0.116. The van der Waals surface area contributed by atoms with Gasteiger partial charge in [0, 0.05) is 28.6 Å². The lowest BCUT2D eigenvalue weighted by Crippen LogP contribution is -2.36. The molecule has 2 aromatic rings. The molecule has 0 unspecified atom stereocenters. The van der Waals surface area contributed by atoms with Crippen molar-refractivity contribution in [1.29, 1.82) is 0 Å². The summed E-state index contributed by atoms with van der Waals surface area (Å²) in [7, 11) is 0. The van der Waals surface area contributed by atoms with Crippen LogP contribution in [0.1, 0.15) is 36.3 Å². The maximum atomic E-state index is 12.6. The van der Waals surface area contributed by atoms with Crippen LogP contribution in [0.3, 0.4) is 0 Å². The molecule has 1 aromatic carbocycles. The van der Waals surface area contributed by atoms with Gasteiger partial charge in [0.1, 0.15) is 5.82 Å². The third kappa shape index (κ3) is 2.22. The highest BCUT2D eigenvalue weighted by Gasteiger charge is 2.38. The van der Waals surface area contributed by atoms with Gasteiger partial charge >= 0.3 is 5.69 Å². The number of rotatable bonds is 1. The van der Waals surface area contributed by atoms with Gasteiger partial charge in [0.25, 0.3) is 5.56 Å². The van der Waals surface area contributed by atoms with Gasteiger partial charge in [-0.25, -0.2) is 4.79 Å². The Morgan fingerprint density at radius 2 is 1.83 bits per heavy atom. The highest BCUT2D eigenvalue weighted by atomic mass is 35.5. The summed E-state index contributed by atoms with van der Waals surface area (Å²) >= 11 is 6.35. The fourth-order valence-electron chi connectivity index (χ4n) is 3.51. The molecule has 1 aromatic heterocycles. The number of H-pyrrole nitrogens is 2. The van der Waals surface area contributed by atoms with Crippen LogP contribution >= 0.6 is 11.6 Å². The van der Waals surface area contributed by atoms with Crippen LogP contribution in [0.25, 0.3) is 0 Å². The Morgan fingerprint density at radius 1 is 1.04 bits per heavy atom. The molecule has 4 rings (SSSR count). The van der Waals surface area contributed by atoms with E-state index in [1.165, 1.54) is 0 Å². The van der Waals surface area contributed by atoms with Crippen LogP contribution in [-0.4, -0.2) is 15.8 Å². The fourth-order valence-corrected chi connectivity index (χ4v) is 3.76. The van der Waals surface area contributed by atoms with Gasteiger partial charge in [-0.05, 0) is 24.5 Å². The van der Waals surface area contributed by atoms with Crippen LogP contribution < -0.4 is 16.6 Å². The first-order valence-corrected chi connectivity index (χ1v) is 8.08. The molecule has 0 bridgehead atoms. The number of carbonyl (C=O) groups is 1. The van der Waals surface area contributed by atoms with Crippen molar-refractivity contribution in [3.8, 4) is 0 Å². The highest BCUT2D eigenvalue weighted by molar-refractivity contribution is 6.31. The number of hydrogen-bond donors (Lipinski definition) is 3. The van der Waals surface area contributed by atoms with E-state index in [1.807, 2.05) is 6.07 Å². The van der Waals surface area contributed by atoms with Crippen LogP contribution in [0, 0.1) is 0 Å². The molecular formula is C17H14ClN3O3. The summed E-state index contributed by atoms with van der Waals surface area (Å²) in [6.07, 6.45) is 1.87. The number of carbonyl (C=O) groups excluding carboxylic acids is 1. The van der Waals surface area contributed by atoms with Crippen molar-refractivity contribution in [2.45, 2.75) is 25.2 Å². The zero-order valence-electron chi connectivity index (χ0n) is 12.6. The lowest BCUT2D eigenvalue weighted by Gasteiger charge is -2.33. The first-order chi connectivity index (χ1) is 11.6. The molecule has 0 amide bonds. The minimum Gasteiger partial charge on any atom is -0.344 e. The molecule has 24 heavy (non-hydrogen) atoms. The Morgan fingerprint density at radius 3 is 2.62 bits per heavy atom. The van der Waals surface area contributed by atoms with Crippen LogP contribution in [0.5, 0.6) is 0 Å². The number of Topliss-reactive ketones (excluding diaryl/α,β-unsaturated/α-hetero) is 1. The van der Waals surface area contributed by atoms with E-state index in [0.29, 0.717) is 40.4 Å². The molecule has 1 aliphatic heterocycles. The van der Waals surface area contributed by atoms with E-state index in [9.17, 15) is 14.4 Å². The topological polar surface area (TPSA) is 94.8 Å². The monoisotopic (exact) mass is 343 g/mol. The van der Waals surface area contributed by atoms with Crippen molar-refractivity contribution < 1.29 is 4.79 Å². The largest absolute Gasteiger partial charge is 0.344 e. The molecular weight excluding hydrogens is 330 g/mol. The Bertz CT molecular complexity index is 1000. The average molecular weight is 344 g/mol. The van der Waals surface area contributed by atoms with Crippen molar-refractivity contribution in [2.75, 3.05) is 5.32 Å². The Balaban J connectivity index is 2.06. The molecule has 0 saturated carbocycles. The van der Waals surface area contributed by atoms with Gasteiger partial charge < -0.3 is 5.32 Å². The van der Waals surface area contributed by atoms with Crippen molar-refractivity contribution in [3.05, 3.63) is 72.5 Å². The molecule has 122 valence electrons. The second kappa shape index (κ2) is 5.49. The number of ketones is 1. The van der Waals surface area contributed by atoms with Gasteiger partial charge in [-0.3, -0.25) is 19.6 Å². The van der Waals surface area contributed by atoms with E-state index < -0.39 is 17.2 Å². The number of benzene rings is 1. The summed E-state index contributed by atoms with van der Waals surface area (Å²) in [6, 6.07) is 7.14. The minimum atomic E-state index is -0.588. The van der Waals surface area contributed by atoms with Crippen LogP contribution in [0.15, 0.2) is 45.1 Å². The zero-order chi connectivity index (χ0) is 16.8. The van der Waals surface area contributed by atoms with E-state index in [2.05, 4.69) is 15.3 Å². The third-order valence-electron chi connectivity index (χ3n) is 4.51. The number of aromatic nitrogens is 2. The van der Waals surface area contributed by atoms with Crippen LogP contribution in [0.2, 0.25) is 5.02 Å². The molecule has 1 aliphatic carbocycles. The average Bonchev–Trinajstić information content (AvgIpc) is 2.53. The number of halogens is 1. The van der Waals surface area contributed by atoms with E-state index in [4.69, 9.17) is 11.6 Å². The zero-order valence-corrected chi connectivity index (χ0v) is 13.4. The third-order valence-corrected chi connectivity index (χ3v) is 4.85. The minimum absolute atomic E-state index is 0.00456. The number of hydrogen-bond acceptors (Lipinski definition) is 4. The van der Waals surface area contributed by atoms with E-state index in [-0.39, 0.29) is 5.78 Å². The standard InChI is InChI=1S/C17H14ClN3O3/c18-9-5-2-1-4-8(9)12-13-10(6-3-7-11(13)22)19-15-14(12)16(23)21-17(24)20-15/h1-2,4-5,12H,3,6-7H2,(H3,19,20,21,23,24)/t12-/m0/s1. The number of allylic oxidation sites excluding steroid dienone is 2. The molecule has 0 spiro atoms. The second-order valence-corrected chi connectivity index (χ2v) is 6.35. The molecule has 0 saturated heterocycles. The van der Waals surface area contributed by atoms with Crippen LogP contribution in [-0.2, 0) is 4.79 Å². The van der Waals surface area contributed by atoms with E-state index in [0.717, 1.165) is 12.1 Å². The maximum absolute atomic E-state index is 12.6. The molecule has 6 nitrogen and oxygen atoms in total. The van der Waals surface area contributed by atoms with Gasteiger partial charge in [0.05, 0.1) is 5.56 Å². The smallest absolute Gasteiger partial charge is 0.327 e. The molecule has 3 N–H and O–H groups in total. The van der Waals surface area contributed by atoms with Crippen molar-refractivity contribution in [1.82, 2.24) is 9.97 Å². The Kier molecular flexibility index (Phi) is 3.42. The number of fused-ring (bicyclic) bond motifs is 1. The van der Waals surface area contributed by atoms with E-state index >= 15 is 0 Å². The molecule has 2 heterocycles. The molecule has 7 heteroatoms. The summed E-state index contributed by atoms with van der Waals surface area (Å²) in [6.45, 7) is 0. The predicted octanol–water partition coefficient (Wildman–Crippen LogP) is 2.28. The maximum Gasteiger partial charge on any atom is 0.327 e. The fraction of sp³-hybridized carbons (Fsp3) is 0.235. The lowest BCUT2D eigenvalue weighted by atomic mass is 9.76. The summed E-state index contributed by atoms with van der Waals surface area (Å²) < 4.78 is 0. The molecule has 0 fully saturated rings. The van der Waals surface area contributed by atoms with Crippen LogP contribution in [0.4, 0.5) is 5.82 Å². The summed E-state index contributed by atoms with van der Waals surface area (Å²) in [5.74, 6) is -0.245. The van der Waals surface area contributed by atoms with Gasteiger partial charge in [-0.15, -0.1) is 0 Å². The number of aromatic amines is 2. The van der Waals surface area contributed by atoms with Gasteiger partial charge in [0.2, 0.25) is 0 Å². The quantitative estimate of drug-likeness (QED) is 0.740. The summed E-state index contributed by atoms with van der Waals surface area (Å²) in [5.41, 5.74) is 1.22. The number of nitrogens with one attached hydrogen (secondary N) is 3. The molecule has 0 radical (unpaired) electrons. The Labute approximate surface area is 141 Å². The Hall–Kier alpha value is -2.60. The SMILES string of the molecule is O=C1CCCC2=C1[C@H](c1ccccc1Cl)c1c([nH]c(=O)[nH]c1=O)N2. The summed E-state index contributed by atoms with van der Waals surface area (Å²) in [4.78, 5) is 41.6. The summed E-state index contributed by atoms with van der Waals surface area (Å²) in [5, 5.41) is 3.55. The second-order valence-electron chi connectivity index (χ2n) is 5.95. The first-order valence-electron chi connectivity index (χ1n) is 7.70. The molecule has 2 aliphatic rings. The number of anilines is 1. The predicted molar refractivity (Wildman–Crippen MR) is 90.5 cm³/mol. The van der Waals surface area contributed by atoms with Crippen molar-refractivity contribution in [2.24, 2.45) is 0 Å². The van der Waals surface area contributed by atoms with Crippen molar-refractivity contribution in [3.63, 3.8) is 0 Å². The van der Waals surface area contributed by atoms with Gasteiger partial charge in [-0.1, -0.05) is 29.8 Å². The van der Waals surface area contributed by atoms with E-state index in [1.54, 1.807) is 18.2 Å². The first kappa shape index (κ1) is 15.0. The van der Waals surface area contributed by atoms with Crippen molar-refractivity contribution >= 4 is 23.2 Å². The highest BCUT2D eigenvalue weighted by Crippen LogP contribution is 2.44. The normalized spacial score (nSPS) is 19.5. The van der Waals surface area contributed by atoms with Gasteiger partial charge in [-0.2, -0.15) is 0 Å².